The van der Waals surface area contributed by atoms with Crippen LogP contribution in [0, 0.1) is 6.92 Å². The summed E-state index contributed by atoms with van der Waals surface area (Å²) in [5.41, 5.74) is 6.21. The molecule has 7 nitrogen and oxygen atoms in total. The summed E-state index contributed by atoms with van der Waals surface area (Å²) in [5.74, 6) is 2.17. The number of ether oxygens (including phenoxy) is 2. The smallest absolute Gasteiger partial charge is 0.231 e. The first-order chi connectivity index (χ1) is 12.5. The number of nitrogens with zero attached hydrogens (tertiary/aromatic N) is 3. The molecule has 1 aromatic heterocycles. The van der Waals surface area contributed by atoms with Gasteiger partial charge in [-0.2, -0.15) is 4.98 Å². The van der Waals surface area contributed by atoms with Crippen LogP contribution in [0.5, 0.6) is 17.4 Å². The molecule has 0 aliphatic carbocycles. The Hall–Kier alpha value is -2.67. The number of piperidine rings is 1. The summed E-state index contributed by atoms with van der Waals surface area (Å²) in [4.78, 5) is 22.6. The van der Waals surface area contributed by atoms with Crippen molar-refractivity contribution in [1.29, 1.82) is 0 Å². The molecule has 1 amide bonds. The molecule has 1 fully saturated rings. The number of methoxy groups -OCH3 is 1. The van der Waals surface area contributed by atoms with Crippen LogP contribution in [-0.4, -0.2) is 41.0 Å². The van der Waals surface area contributed by atoms with Crippen LogP contribution in [0.25, 0.3) is 0 Å². The van der Waals surface area contributed by atoms with E-state index in [1.54, 1.807) is 19.2 Å². The highest BCUT2D eigenvalue weighted by molar-refractivity contribution is 5.76. The van der Waals surface area contributed by atoms with Gasteiger partial charge >= 0.3 is 0 Å². The van der Waals surface area contributed by atoms with Gasteiger partial charge in [-0.1, -0.05) is 12.5 Å². The summed E-state index contributed by atoms with van der Waals surface area (Å²) in [7, 11) is 1.61. The van der Waals surface area contributed by atoms with E-state index in [1.807, 2.05) is 25.1 Å². The van der Waals surface area contributed by atoms with Crippen LogP contribution in [0.15, 0.2) is 30.3 Å². The number of aromatic nitrogens is 2. The first-order valence-electron chi connectivity index (χ1n) is 8.75. The van der Waals surface area contributed by atoms with E-state index < -0.39 is 0 Å². The van der Waals surface area contributed by atoms with Gasteiger partial charge in [0.25, 0.3) is 0 Å². The number of aryl methyl sites for hydroxylation is 1. The predicted molar refractivity (Wildman–Crippen MR) is 97.2 cm³/mol. The van der Waals surface area contributed by atoms with E-state index in [9.17, 15) is 4.79 Å². The quantitative estimate of drug-likeness (QED) is 0.855. The van der Waals surface area contributed by atoms with Gasteiger partial charge in [-0.25, -0.2) is 4.98 Å². The van der Waals surface area contributed by atoms with Gasteiger partial charge in [0.2, 0.25) is 11.8 Å². The van der Waals surface area contributed by atoms with E-state index in [0.717, 1.165) is 31.5 Å². The number of nitrogens with two attached hydrogens (primary N) is 1. The van der Waals surface area contributed by atoms with Gasteiger partial charge < -0.3 is 15.2 Å². The Morgan fingerprint density at radius 1 is 1.27 bits per heavy atom. The molecule has 138 valence electrons. The SMILES string of the molecule is COc1cccc(Oc2cc(C)nc([C@H]3CCCCN3CC(N)=O)n2)c1. The number of hydrogen-bond donors (Lipinski definition) is 1. The fourth-order valence-corrected chi connectivity index (χ4v) is 3.22. The Kier molecular flexibility index (Phi) is 5.68. The van der Waals surface area contributed by atoms with Crippen LogP contribution < -0.4 is 15.2 Å². The summed E-state index contributed by atoms with van der Waals surface area (Å²) in [6.45, 7) is 2.94. The van der Waals surface area contributed by atoms with Crippen molar-refractivity contribution < 1.29 is 14.3 Å². The van der Waals surface area contributed by atoms with Crippen molar-refractivity contribution in [2.45, 2.75) is 32.2 Å². The predicted octanol–water partition coefficient (Wildman–Crippen LogP) is 2.60. The number of carbonyl (C=O) groups excluding carboxylic acids is 1. The Morgan fingerprint density at radius 2 is 2.08 bits per heavy atom. The number of likely N-dealkylation sites (tertiary alicyclic amines) is 1. The summed E-state index contributed by atoms with van der Waals surface area (Å²) < 4.78 is 11.1. The average Bonchev–Trinajstić information content (AvgIpc) is 2.61. The average molecular weight is 356 g/mol. The maximum Gasteiger partial charge on any atom is 0.231 e. The Labute approximate surface area is 153 Å². The number of rotatable bonds is 6. The zero-order valence-electron chi connectivity index (χ0n) is 15.1. The van der Waals surface area contributed by atoms with E-state index in [1.165, 1.54) is 0 Å². The second-order valence-electron chi connectivity index (χ2n) is 6.44. The zero-order valence-corrected chi connectivity index (χ0v) is 15.1. The van der Waals surface area contributed by atoms with Crippen LogP contribution in [-0.2, 0) is 4.79 Å². The molecule has 2 N–H and O–H groups in total. The lowest BCUT2D eigenvalue weighted by Gasteiger charge is -2.33. The molecular weight excluding hydrogens is 332 g/mol. The molecule has 7 heteroatoms. The van der Waals surface area contributed by atoms with E-state index >= 15 is 0 Å². The van der Waals surface area contributed by atoms with Crippen LogP contribution in [0.3, 0.4) is 0 Å². The molecule has 0 radical (unpaired) electrons. The van der Waals surface area contributed by atoms with E-state index in [4.69, 9.17) is 15.2 Å². The topological polar surface area (TPSA) is 90.6 Å². The van der Waals surface area contributed by atoms with Crippen molar-refractivity contribution >= 4 is 5.91 Å². The largest absolute Gasteiger partial charge is 0.497 e. The summed E-state index contributed by atoms with van der Waals surface area (Å²) in [5, 5.41) is 0. The molecule has 0 spiro atoms. The van der Waals surface area contributed by atoms with E-state index in [2.05, 4.69) is 14.9 Å². The number of carbonyl (C=O) groups is 1. The Bertz CT molecular complexity index is 781. The van der Waals surface area contributed by atoms with Crippen molar-refractivity contribution in [1.82, 2.24) is 14.9 Å². The maximum atomic E-state index is 11.4. The number of primary amides is 1. The molecule has 0 unspecified atom stereocenters. The first kappa shape index (κ1) is 18.1. The van der Waals surface area contributed by atoms with Crippen LogP contribution >= 0.6 is 0 Å². The third-order valence-electron chi connectivity index (χ3n) is 4.38. The number of hydrogen-bond acceptors (Lipinski definition) is 6. The van der Waals surface area contributed by atoms with Gasteiger partial charge in [0.15, 0.2) is 0 Å². The van der Waals surface area contributed by atoms with Gasteiger partial charge in [0.1, 0.15) is 17.3 Å². The first-order valence-corrected chi connectivity index (χ1v) is 8.75. The Morgan fingerprint density at radius 3 is 2.85 bits per heavy atom. The molecule has 1 aromatic carbocycles. The van der Waals surface area contributed by atoms with Gasteiger partial charge in [0, 0.05) is 17.8 Å². The molecule has 26 heavy (non-hydrogen) atoms. The standard InChI is InChI=1S/C19H24N4O3/c1-13-10-18(26-15-7-5-6-14(11-15)25-2)22-19(21-13)16-8-3-4-9-23(16)12-17(20)24/h5-7,10-11,16H,3-4,8-9,12H2,1-2H3,(H2,20,24)/t16-/m1/s1. The van der Waals surface area contributed by atoms with E-state index in [-0.39, 0.29) is 18.5 Å². The van der Waals surface area contributed by atoms with Crippen molar-refractivity contribution in [2.75, 3.05) is 20.2 Å². The minimum Gasteiger partial charge on any atom is -0.497 e. The van der Waals surface area contributed by atoms with Crippen molar-refractivity contribution in [3.63, 3.8) is 0 Å². The Balaban J connectivity index is 1.85. The molecule has 2 aromatic rings. The van der Waals surface area contributed by atoms with Gasteiger partial charge in [-0.15, -0.1) is 0 Å². The molecule has 0 bridgehead atoms. The van der Waals surface area contributed by atoms with Gasteiger partial charge in [0.05, 0.1) is 19.7 Å². The molecule has 1 atom stereocenters. The highest BCUT2D eigenvalue weighted by atomic mass is 16.5. The minimum atomic E-state index is -0.336. The highest BCUT2D eigenvalue weighted by Gasteiger charge is 2.27. The maximum absolute atomic E-state index is 11.4. The normalized spacial score (nSPS) is 17.7. The van der Waals surface area contributed by atoms with Crippen molar-refractivity contribution in [3.8, 4) is 17.4 Å². The monoisotopic (exact) mass is 356 g/mol. The number of amides is 1. The van der Waals surface area contributed by atoms with Crippen molar-refractivity contribution in [3.05, 3.63) is 41.9 Å². The van der Waals surface area contributed by atoms with E-state index in [0.29, 0.717) is 23.2 Å². The lowest BCUT2D eigenvalue weighted by atomic mass is 10.0. The molecule has 1 aliphatic heterocycles. The second kappa shape index (κ2) is 8.14. The summed E-state index contributed by atoms with van der Waals surface area (Å²) in [6, 6.07) is 9.14. The van der Waals surface area contributed by atoms with Gasteiger partial charge in [-0.3, -0.25) is 9.69 Å². The lowest BCUT2D eigenvalue weighted by molar-refractivity contribution is -0.120. The highest BCUT2D eigenvalue weighted by Crippen LogP contribution is 2.31. The van der Waals surface area contributed by atoms with Gasteiger partial charge in [-0.05, 0) is 38.4 Å². The minimum absolute atomic E-state index is 0.0243. The second-order valence-corrected chi connectivity index (χ2v) is 6.44. The zero-order chi connectivity index (χ0) is 18.5. The fourth-order valence-electron chi connectivity index (χ4n) is 3.22. The third-order valence-corrected chi connectivity index (χ3v) is 4.38. The molecule has 0 saturated carbocycles. The fraction of sp³-hybridized carbons (Fsp3) is 0.421. The summed E-state index contributed by atoms with van der Waals surface area (Å²) in [6.07, 6.45) is 3.02. The molecular formula is C19H24N4O3. The van der Waals surface area contributed by atoms with Crippen LogP contribution in [0.1, 0.15) is 36.8 Å². The molecule has 1 aliphatic rings. The van der Waals surface area contributed by atoms with Crippen LogP contribution in [0.2, 0.25) is 0 Å². The molecule has 3 rings (SSSR count). The van der Waals surface area contributed by atoms with Crippen LogP contribution in [0.4, 0.5) is 0 Å². The summed E-state index contributed by atoms with van der Waals surface area (Å²) >= 11 is 0. The number of benzene rings is 1. The lowest BCUT2D eigenvalue weighted by Crippen LogP contribution is -2.40. The van der Waals surface area contributed by atoms with Crippen molar-refractivity contribution in [2.24, 2.45) is 5.73 Å². The molecule has 2 heterocycles. The third kappa shape index (κ3) is 4.49. The molecule has 1 saturated heterocycles.